The van der Waals surface area contributed by atoms with Crippen molar-refractivity contribution < 1.29 is 18.7 Å². The fourth-order valence-corrected chi connectivity index (χ4v) is 3.26. The summed E-state index contributed by atoms with van der Waals surface area (Å²) in [6, 6.07) is 14.4. The van der Waals surface area contributed by atoms with Crippen LogP contribution >= 0.6 is 0 Å². The fourth-order valence-electron chi connectivity index (χ4n) is 3.26. The molecule has 1 N–H and O–H groups in total. The lowest BCUT2D eigenvalue weighted by Crippen LogP contribution is -2.29. The first-order chi connectivity index (χ1) is 14.7. The highest BCUT2D eigenvalue weighted by atomic mass is 16.5. The minimum atomic E-state index is -0.229. The minimum Gasteiger partial charge on any atom is -0.484 e. The molecule has 8 nitrogen and oxygen atoms in total. The molecule has 0 bridgehead atoms. The molecule has 1 saturated heterocycles. The third-order valence-corrected chi connectivity index (χ3v) is 4.92. The molecule has 1 aliphatic rings. The van der Waals surface area contributed by atoms with Gasteiger partial charge >= 0.3 is 0 Å². The first kappa shape index (κ1) is 19.6. The van der Waals surface area contributed by atoms with Crippen molar-refractivity contribution in [3.63, 3.8) is 0 Å². The number of ether oxygens (including phenoxy) is 1. The van der Waals surface area contributed by atoms with Crippen LogP contribution < -0.4 is 10.1 Å². The Morgan fingerprint density at radius 1 is 1.03 bits per heavy atom. The largest absolute Gasteiger partial charge is 0.484 e. The number of nitrogens with zero attached hydrogens (tertiary/aromatic N) is 3. The average Bonchev–Trinajstić information content (AvgIpc) is 3.51. The Labute approximate surface area is 173 Å². The van der Waals surface area contributed by atoms with Crippen LogP contribution in [0, 0.1) is 0 Å². The minimum absolute atomic E-state index is 0.0709. The van der Waals surface area contributed by atoms with E-state index in [9.17, 15) is 9.59 Å². The topological polar surface area (TPSA) is 97.6 Å². The maximum atomic E-state index is 12.4. The van der Waals surface area contributed by atoms with E-state index < -0.39 is 0 Å². The fraction of sp³-hybridized carbons (Fsp3) is 0.273. The van der Waals surface area contributed by atoms with Gasteiger partial charge in [-0.3, -0.25) is 9.59 Å². The third-order valence-electron chi connectivity index (χ3n) is 4.92. The zero-order valence-electron chi connectivity index (χ0n) is 16.4. The number of rotatable bonds is 7. The lowest BCUT2D eigenvalue weighted by atomic mass is 10.1. The lowest BCUT2D eigenvalue weighted by molar-refractivity contribution is -0.123. The molecule has 2 aromatic carbocycles. The molecule has 1 fully saturated rings. The zero-order valence-corrected chi connectivity index (χ0v) is 16.4. The Kier molecular flexibility index (Phi) is 6.03. The summed E-state index contributed by atoms with van der Waals surface area (Å²) in [7, 11) is 0. The van der Waals surface area contributed by atoms with Crippen LogP contribution in [-0.2, 0) is 11.3 Å². The zero-order chi connectivity index (χ0) is 20.8. The number of aromatic nitrogens is 2. The number of hydrogen-bond donors (Lipinski definition) is 1. The standard InChI is InChI=1S/C22H22N4O4/c27-20(14-29-19-9-7-17(8-10-19)21-25-24-15-30-21)23-13-16-3-5-18(6-4-16)22(28)26-11-1-2-12-26/h3-10,15H,1-2,11-14H2,(H,23,27). The summed E-state index contributed by atoms with van der Waals surface area (Å²) in [5, 5.41) is 10.3. The molecule has 4 rings (SSSR count). The van der Waals surface area contributed by atoms with Gasteiger partial charge < -0.3 is 19.4 Å². The van der Waals surface area contributed by atoms with Crippen LogP contribution in [0.4, 0.5) is 0 Å². The van der Waals surface area contributed by atoms with Crippen molar-refractivity contribution in [3.05, 3.63) is 66.1 Å². The third kappa shape index (κ3) is 4.83. The van der Waals surface area contributed by atoms with E-state index in [2.05, 4.69) is 15.5 Å². The molecule has 0 aliphatic carbocycles. The monoisotopic (exact) mass is 406 g/mol. The Hall–Kier alpha value is -3.68. The molecule has 30 heavy (non-hydrogen) atoms. The SMILES string of the molecule is O=C(COc1ccc(-c2nnco2)cc1)NCc1ccc(C(=O)N2CCCC2)cc1. The molecule has 0 saturated carbocycles. The van der Waals surface area contributed by atoms with Gasteiger partial charge in [-0.05, 0) is 54.8 Å². The number of benzene rings is 2. The summed E-state index contributed by atoms with van der Waals surface area (Å²) in [5.74, 6) is 0.834. The highest BCUT2D eigenvalue weighted by Gasteiger charge is 2.19. The van der Waals surface area contributed by atoms with Gasteiger partial charge in [-0.1, -0.05) is 12.1 Å². The van der Waals surface area contributed by atoms with Gasteiger partial charge in [-0.25, -0.2) is 0 Å². The number of nitrogens with one attached hydrogen (secondary N) is 1. The number of likely N-dealkylation sites (tertiary alicyclic amines) is 1. The van der Waals surface area contributed by atoms with Gasteiger partial charge in [0.15, 0.2) is 6.61 Å². The quantitative estimate of drug-likeness (QED) is 0.648. The number of carbonyl (C=O) groups excluding carboxylic acids is 2. The van der Waals surface area contributed by atoms with Gasteiger partial charge in [-0.15, -0.1) is 10.2 Å². The number of hydrogen-bond acceptors (Lipinski definition) is 6. The molecule has 1 aromatic heterocycles. The second-order valence-electron chi connectivity index (χ2n) is 7.03. The molecule has 0 spiro atoms. The Morgan fingerprint density at radius 2 is 1.77 bits per heavy atom. The van der Waals surface area contributed by atoms with Crippen molar-refractivity contribution in [2.45, 2.75) is 19.4 Å². The van der Waals surface area contributed by atoms with Crippen molar-refractivity contribution in [1.29, 1.82) is 0 Å². The summed E-state index contributed by atoms with van der Waals surface area (Å²) >= 11 is 0. The molecule has 8 heteroatoms. The van der Waals surface area contributed by atoms with E-state index in [-0.39, 0.29) is 18.4 Å². The first-order valence-electron chi connectivity index (χ1n) is 9.83. The van der Waals surface area contributed by atoms with E-state index >= 15 is 0 Å². The Morgan fingerprint density at radius 3 is 2.43 bits per heavy atom. The molecule has 1 aliphatic heterocycles. The highest BCUT2D eigenvalue weighted by Crippen LogP contribution is 2.20. The molecule has 154 valence electrons. The summed E-state index contributed by atoms with van der Waals surface area (Å²) in [6.07, 6.45) is 3.41. The first-order valence-corrected chi connectivity index (χ1v) is 9.83. The second kappa shape index (κ2) is 9.21. The summed E-state index contributed by atoms with van der Waals surface area (Å²) in [5.41, 5.74) is 2.38. The van der Waals surface area contributed by atoms with Crippen LogP contribution in [0.5, 0.6) is 5.75 Å². The van der Waals surface area contributed by atoms with Crippen LogP contribution in [0.3, 0.4) is 0 Å². The summed E-state index contributed by atoms with van der Waals surface area (Å²) in [6.45, 7) is 1.94. The van der Waals surface area contributed by atoms with Crippen molar-refractivity contribution >= 4 is 11.8 Å². The van der Waals surface area contributed by atoms with Crippen LogP contribution in [0.1, 0.15) is 28.8 Å². The maximum absolute atomic E-state index is 12.4. The predicted octanol–water partition coefficient (Wildman–Crippen LogP) is 2.67. The molecule has 0 radical (unpaired) electrons. The predicted molar refractivity (Wildman–Crippen MR) is 109 cm³/mol. The van der Waals surface area contributed by atoms with Crippen molar-refractivity contribution in [2.24, 2.45) is 0 Å². The number of amides is 2. The van der Waals surface area contributed by atoms with Crippen molar-refractivity contribution in [1.82, 2.24) is 20.4 Å². The van der Waals surface area contributed by atoms with Crippen LogP contribution in [-0.4, -0.2) is 46.6 Å². The molecule has 3 aromatic rings. The van der Waals surface area contributed by atoms with E-state index in [1.807, 2.05) is 29.2 Å². The smallest absolute Gasteiger partial charge is 0.258 e. The van der Waals surface area contributed by atoms with Crippen LogP contribution in [0.15, 0.2) is 59.3 Å². The second-order valence-corrected chi connectivity index (χ2v) is 7.03. The van der Waals surface area contributed by atoms with E-state index in [4.69, 9.17) is 9.15 Å². The summed E-state index contributed by atoms with van der Waals surface area (Å²) in [4.78, 5) is 26.3. The van der Waals surface area contributed by atoms with Gasteiger partial charge in [-0.2, -0.15) is 0 Å². The van der Waals surface area contributed by atoms with Crippen LogP contribution in [0.25, 0.3) is 11.5 Å². The average molecular weight is 406 g/mol. The maximum Gasteiger partial charge on any atom is 0.258 e. The van der Waals surface area contributed by atoms with Crippen molar-refractivity contribution in [2.75, 3.05) is 19.7 Å². The molecule has 2 amide bonds. The molecular formula is C22H22N4O4. The molecular weight excluding hydrogens is 384 g/mol. The summed E-state index contributed by atoms with van der Waals surface area (Å²) < 4.78 is 10.6. The van der Waals surface area contributed by atoms with Gasteiger partial charge in [0.2, 0.25) is 12.3 Å². The van der Waals surface area contributed by atoms with E-state index in [0.29, 0.717) is 23.7 Å². The molecule has 2 heterocycles. The van der Waals surface area contributed by atoms with E-state index in [1.54, 1.807) is 24.3 Å². The van der Waals surface area contributed by atoms with Gasteiger partial charge in [0.1, 0.15) is 5.75 Å². The normalized spacial score (nSPS) is 13.3. The number of carbonyl (C=O) groups is 2. The van der Waals surface area contributed by atoms with Gasteiger partial charge in [0.25, 0.3) is 11.8 Å². The lowest BCUT2D eigenvalue weighted by Gasteiger charge is -2.15. The van der Waals surface area contributed by atoms with Gasteiger partial charge in [0, 0.05) is 30.8 Å². The Balaban J connectivity index is 1.22. The van der Waals surface area contributed by atoms with Crippen molar-refractivity contribution in [3.8, 4) is 17.2 Å². The molecule has 0 unspecified atom stereocenters. The van der Waals surface area contributed by atoms with E-state index in [1.165, 1.54) is 6.39 Å². The Bertz CT molecular complexity index is 979. The highest BCUT2D eigenvalue weighted by molar-refractivity contribution is 5.94. The van der Waals surface area contributed by atoms with Gasteiger partial charge in [0.05, 0.1) is 0 Å². The van der Waals surface area contributed by atoms with E-state index in [0.717, 1.165) is 37.1 Å². The van der Waals surface area contributed by atoms with Crippen LogP contribution in [0.2, 0.25) is 0 Å². The molecule has 0 atom stereocenters.